The molecular weight excluding hydrogens is 491 g/mol. The summed E-state index contributed by atoms with van der Waals surface area (Å²) >= 11 is 0. The monoisotopic (exact) mass is 528 g/mol. The number of nitrogens with zero attached hydrogens (tertiary/aromatic N) is 3. The largest absolute Gasteiger partial charge is 0.496 e. The number of anilines is 2. The predicted octanol–water partition coefficient (Wildman–Crippen LogP) is 5.64. The minimum absolute atomic E-state index is 0.177. The van der Waals surface area contributed by atoms with E-state index in [1.807, 2.05) is 6.79 Å². The summed E-state index contributed by atoms with van der Waals surface area (Å²) < 4.78 is 30.3. The van der Waals surface area contributed by atoms with Crippen LogP contribution in [-0.2, 0) is 9.53 Å². The summed E-state index contributed by atoms with van der Waals surface area (Å²) in [6, 6.07) is 7.56. The van der Waals surface area contributed by atoms with E-state index in [1.54, 1.807) is 12.1 Å². The van der Waals surface area contributed by atoms with Crippen LogP contribution >= 0.6 is 0 Å². The topological polar surface area (TPSA) is 115 Å². The van der Waals surface area contributed by atoms with E-state index in [1.165, 1.54) is 50.9 Å². The molecule has 1 saturated heterocycles. The predicted molar refractivity (Wildman–Crippen MR) is 148 cm³/mol. The Morgan fingerprint density at radius 1 is 1.21 bits per heavy atom. The fraction of sp³-hybridized carbons (Fsp3) is 0.429. The molecule has 38 heavy (non-hydrogen) atoms. The van der Waals surface area contributed by atoms with Crippen LogP contribution in [0.4, 0.5) is 21.6 Å². The highest BCUT2D eigenvalue weighted by atomic mass is 19.1. The van der Waals surface area contributed by atoms with E-state index in [4.69, 9.17) is 19.0 Å². The van der Waals surface area contributed by atoms with Gasteiger partial charge in [-0.2, -0.15) is 0 Å². The number of halogens is 1. The van der Waals surface area contributed by atoms with Crippen LogP contribution < -0.4 is 14.8 Å². The molecule has 2 aromatic carbocycles. The van der Waals surface area contributed by atoms with Crippen molar-refractivity contribution in [2.24, 2.45) is 10.9 Å². The molecule has 1 fully saturated rings. The number of fused-ring (bicyclic) bond motifs is 1. The van der Waals surface area contributed by atoms with Crippen molar-refractivity contribution in [1.82, 2.24) is 9.97 Å². The van der Waals surface area contributed by atoms with E-state index < -0.39 is 18.0 Å². The lowest BCUT2D eigenvalue weighted by Crippen LogP contribution is -2.30. The number of rotatable bonds is 9. The van der Waals surface area contributed by atoms with Gasteiger partial charge in [0.1, 0.15) is 42.4 Å². The zero-order valence-corrected chi connectivity index (χ0v) is 22.4. The standard InChI is InChI=1S/C20H19FN4O4.C7H16.CH2O/c1-22-12-6-14-19(17(7-12)27-2)20(24-10-23-14)25-13-4-3-11(21)5-16(13)29-18-9-28-8-15(18)26;1-4-6-7(3)5-2;1-2/h3-7,10,15,18,26H,1,8-9H2,2H3,(H,23,24,25);7H,4-6H2,1-3H3;1H2. The zero-order valence-electron chi connectivity index (χ0n) is 22.4. The summed E-state index contributed by atoms with van der Waals surface area (Å²) in [6.07, 6.45) is 4.11. The number of aliphatic hydroxyl groups is 1. The van der Waals surface area contributed by atoms with Crippen molar-refractivity contribution in [1.29, 1.82) is 0 Å². The van der Waals surface area contributed by atoms with Gasteiger partial charge in [0.15, 0.2) is 6.10 Å². The van der Waals surface area contributed by atoms with Crippen LogP contribution in [0.2, 0.25) is 0 Å². The second-order valence-corrected chi connectivity index (χ2v) is 8.75. The lowest BCUT2D eigenvalue weighted by atomic mass is 10.0. The number of benzene rings is 2. The van der Waals surface area contributed by atoms with Gasteiger partial charge in [-0.25, -0.2) is 14.4 Å². The normalized spacial score (nSPS) is 16.9. The van der Waals surface area contributed by atoms with Gasteiger partial charge in [0.25, 0.3) is 0 Å². The highest BCUT2D eigenvalue weighted by molar-refractivity contribution is 5.98. The summed E-state index contributed by atoms with van der Waals surface area (Å²) in [5, 5.41) is 13.7. The number of aromatic nitrogens is 2. The van der Waals surface area contributed by atoms with Crippen molar-refractivity contribution in [2.45, 2.75) is 52.2 Å². The molecular formula is C28H37FN4O5. The fourth-order valence-corrected chi connectivity index (χ4v) is 3.81. The van der Waals surface area contributed by atoms with Gasteiger partial charge in [-0.3, -0.25) is 4.99 Å². The Morgan fingerprint density at radius 3 is 2.55 bits per heavy atom. The molecule has 3 atom stereocenters. The first-order valence-electron chi connectivity index (χ1n) is 12.5. The van der Waals surface area contributed by atoms with Gasteiger partial charge in [-0.05, 0) is 30.8 Å². The lowest BCUT2D eigenvalue weighted by Gasteiger charge is -2.19. The van der Waals surface area contributed by atoms with Crippen LogP contribution in [0.5, 0.6) is 11.5 Å². The maximum atomic E-state index is 13.8. The smallest absolute Gasteiger partial charge is 0.150 e. The number of methoxy groups -OCH3 is 1. The Labute approximate surface area is 223 Å². The van der Waals surface area contributed by atoms with Gasteiger partial charge < -0.3 is 29.4 Å². The van der Waals surface area contributed by atoms with Crippen LogP contribution in [0.3, 0.4) is 0 Å². The molecule has 2 N–H and O–H groups in total. The first kappa shape index (κ1) is 30.6. The highest BCUT2D eigenvalue weighted by Crippen LogP contribution is 2.37. The maximum absolute atomic E-state index is 13.8. The Kier molecular flexibility index (Phi) is 12.5. The summed E-state index contributed by atoms with van der Waals surface area (Å²) in [7, 11) is 1.53. The minimum Gasteiger partial charge on any atom is -0.496 e. The Bertz CT molecular complexity index is 1180. The SMILES string of the molecule is C=Nc1cc(OC)c2c(Nc3ccc(F)cc3OC3COCC3O)ncnc2c1.C=O.CCCC(C)CC. The molecule has 0 radical (unpaired) electrons. The number of hydrogen-bond acceptors (Lipinski definition) is 9. The summed E-state index contributed by atoms with van der Waals surface area (Å²) in [5.41, 5.74) is 1.69. The van der Waals surface area contributed by atoms with Crippen molar-refractivity contribution >= 4 is 41.6 Å². The third kappa shape index (κ3) is 8.19. The molecule has 0 aliphatic carbocycles. The van der Waals surface area contributed by atoms with E-state index in [-0.39, 0.29) is 19.0 Å². The molecule has 3 unspecified atom stereocenters. The van der Waals surface area contributed by atoms with E-state index in [0.717, 1.165) is 5.92 Å². The average Bonchev–Trinajstić information content (AvgIpc) is 3.35. The molecule has 0 amide bonds. The average molecular weight is 529 g/mol. The molecule has 0 bridgehead atoms. The van der Waals surface area contributed by atoms with Crippen LogP contribution in [-0.4, -0.2) is 61.1 Å². The van der Waals surface area contributed by atoms with E-state index in [2.05, 4.69) is 47.8 Å². The first-order chi connectivity index (χ1) is 18.4. The van der Waals surface area contributed by atoms with Crippen molar-refractivity contribution in [3.63, 3.8) is 0 Å². The van der Waals surface area contributed by atoms with Crippen LogP contribution in [0.15, 0.2) is 41.7 Å². The molecule has 1 aliphatic rings. The van der Waals surface area contributed by atoms with Gasteiger partial charge >= 0.3 is 0 Å². The number of nitrogens with one attached hydrogen (secondary N) is 1. The van der Waals surface area contributed by atoms with Gasteiger partial charge in [-0.1, -0.05) is 40.0 Å². The Balaban J connectivity index is 0.000000491. The van der Waals surface area contributed by atoms with Gasteiger partial charge in [0.05, 0.1) is 42.6 Å². The van der Waals surface area contributed by atoms with Crippen molar-refractivity contribution in [3.05, 3.63) is 42.5 Å². The second-order valence-electron chi connectivity index (χ2n) is 8.75. The Morgan fingerprint density at radius 2 is 1.97 bits per heavy atom. The van der Waals surface area contributed by atoms with Gasteiger partial charge in [0.2, 0.25) is 0 Å². The molecule has 206 valence electrons. The Hall–Kier alpha value is -3.63. The first-order valence-corrected chi connectivity index (χ1v) is 12.5. The van der Waals surface area contributed by atoms with Gasteiger partial charge in [0, 0.05) is 12.1 Å². The van der Waals surface area contributed by atoms with Crippen molar-refractivity contribution in [3.8, 4) is 11.5 Å². The molecule has 10 heteroatoms. The van der Waals surface area contributed by atoms with Crippen LogP contribution in [0.25, 0.3) is 10.9 Å². The number of hydrogen-bond donors (Lipinski definition) is 2. The van der Waals surface area contributed by atoms with Crippen LogP contribution in [0, 0.1) is 11.7 Å². The zero-order chi connectivity index (χ0) is 28.1. The molecule has 2 heterocycles. The molecule has 9 nitrogen and oxygen atoms in total. The third-order valence-electron chi connectivity index (χ3n) is 6.04. The number of aliphatic hydroxyl groups excluding tert-OH is 1. The number of aliphatic imine (C=N–C) groups is 1. The highest BCUT2D eigenvalue weighted by Gasteiger charge is 2.29. The number of carbonyl (C=O) groups excluding carboxylic acids is 1. The molecule has 3 aromatic rings. The quantitative estimate of drug-likeness (QED) is 0.343. The minimum atomic E-state index is -0.782. The maximum Gasteiger partial charge on any atom is 0.150 e. The molecule has 0 spiro atoms. The van der Waals surface area contributed by atoms with E-state index in [9.17, 15) is 9.50 Å². The molecule has 0 saturated carbocycles. The van der Waals surface area contributed by atoms with Gasteiger partial charge in [-0.15, -0.1) is 0 Å². The van der Waals surface area contributed by atoms with E-state index >= 15 is 0 Å². The second kappa shape index (κ2) is 15.6. The lowest BCUT2D eigenvalue weighted by molar-refractivity contribution is -0.0980. The third-order valence-corrected chi connectivity index (χ3v) is 6.04. The fourth-order valence-electron chi connectivity index (χ4n) is 3.81. The van der Waals surface area contributed by atoms with Crippen LogP contribution in [0.1, 0.15) is 40.0 Å². The molecule has 4 rings (SSSR count). The van der Waals surface area contributed by atoms with Crippen molar-refractivity contribution in [2.75, 3.05) is 25.6 Å². The summed E-state index contributed by atoms with van der Waals surface area (Å²) in [4.78, 5) is 20.5. The number of ether oxygens (including phenoxy) is 3. The van der Waals surface area contributed by atoms with Crippen molar-refractivity contribution < 1.29 is 28.5 Å². The molecule has 1 aromatic heterocycles. The summed E-state index contributed by atoms with van der Waals surface area (Å²) in [5.74, 6) is 1.67. The summed E-state index contributed by atoms with van der Waals surface area (Å²) in [6.45, 7) is 12.7. The molecule has 1 aliphatic heterocycles. The number of carbonyl (C=O) groups is 1. The van der Waals surface area contributed by atoms with E-state index in [0.29, 0.717) is 33.8 Å².